The zero-order valence-corrected chi connectivity index (χ0v) is 9.93. The molecule has 0 saturated carbocycles. The number of hydrogen-bond acceptors (Lipinski definition) is 4. The average molecular weight is 253 g/mol. The normalized spacial score (nSPS) is 11.9. The van der Waals surface area contributed by atoms with E-state index in [0.717, 1.165) is 11.0 Å². The van der Waals surface area contributed by atoms with Gasteiger partial charge in [-0.25, -0.2) is 9.97 Å². The Labute approximate surface area is 108 Å². The molecular formula is C13H11N5O. The molecule has 94 valence electrons. The Morgan fingerprint density at radius 2 is 2.05 bits per heavy atom. The summed E-state index contributed by atoms with van der Waals surface area (Å²) in [6.07, 6.45) is 3.31. The minimum atomic E-state index is 0.0491. The fourth-order valence-corrected chi connectivity index (χ4v) is 1.91. The molecule has 2 heterocycles. The second kappa shape index (κ2) is 4.41. The molecule has 3 aromatic rings. The van der Waals surface area contributed by atoms with E-state index in [-0.39, 0.29) is 5.84 Å². The summed E-state index contributed by atoms with van der Waals surface area (Å²) >= 11 is 0. The van der Waals surface area contributed by atoms with Crippen molar-refractivity contribution in [1.82, 2.24) is 14.5 Å². The topological polar surface area (TPSA) is 89.3 Å². The van der Waals surface area contributed by atoms with Crippen molar-refractivity contribution in [3.05, 3.63) is 54.5 Å². The number of rotatable bonds is 2. The van der Waals surface area contributed by atoms with Gasteiger partial charge in [0.05, 0.1) is 11.0 Å². The summed E-state index contributed by atoms with van der Waals surface area (Å²) in [5.41, 5.74) is 8.02. The fourth-order valence-electron chi connectivity index (χ4n) is 1.91. The van der Waals surface area contributed by atoms with Crippen LogP contribution >= 0.6 is 0 Å². The number of para-hydroxylation sites is 2. The van der Waals surface area contributed by atoms with E-state index in [4.69, 9.17) is 10.9 Å². The van der Waals surface area contributed by atoms with Gasteiger partial charge in [-0.3, -0.25) is 4.57 Å². The van der Waals surface area contributed by atoms with E-state index in [1.165, 1.54) is 0 Å². The van der Waals surface area contributed by atoms with Crippen molar-refractivity contribution >= 4 is 16.9 Å². The first-order chi connectivity index (χ1) is 9.29. The zero-order valence-electron chi connectivity index (χ0n) is 9.93. The molecule has 2 aromatic heterocycles. The predicted octanol–water partition coefficient (Wildman–Crippen LogP) is 1.51. The molecule has 0 fully saturated rings. The lowest BCUT2D eigenvalue weighted by molar-refractivity contribution is 0.318. The van der Waals surface area contributed by atoms with Gasteiger partial charge in [-0.15, -0.1) is 0 Å². The van der Waals surface area contributed by atoms with E-state index < -0.39 is 0 Å². The summed E-state index contributed by atoms with van der Waals surface area (Å²) in [7, 11) is 0. The Morgan fingerprint density at radius 3 is 2.89 bits per heavy atom. The van der Waals surface area contributed by atoms with Crippen molar-refractivity contribution in [2.75, 3.05) is 0 Å². The molecule has 0 unspecified atom stereocenters. The van der Waals surface area contributed by atoms with E-state index in [1.54, 1.807) is 24.7 Å². The van der Waals surface area contributed by atoms with Gasteiger partial charge in [0.15, 0.2) is 5.84 Å². The third-order valence-electron chi connectivity index (χ3n) is 2.85. The minimum absolute atomic E-state index is 0.0491. The second-order valence-corrected chi connectivity index (χ2v) is 3.99. The number of nitrogens with two attached hydrogens (primary N) is 1. The number of nitrogens with zero attached hydrogens (tertiary/aromatic N) is 4. The highest BCUT2D eigenvalue weighted by Crippen LogP contribution is 2.16. The van der Waals surface area contributed by atoms with Crippen LogP contribution in [0.25, 0.3) is 16.9 Å². The molecule has 0 atom stereocenters. The Kier molecular flexibility index (Phi) is 2.60. The number of benzene rings is 1. The van der Waals surface area contributed by atoms with Crippen LogP contribution in [0.1, 0.15) is 5.56 Å². The van der Waals surface area contributed by atoms with Crippen LogP contribution in [-0.4, -0.2) is 25.6 Å². The smallest absolute Gasteiger partial charge is 0.170 e. The minimum Gasteiger partial charge on any atom is -0.409 e. The van der Waals surface area contributed by atoms with Crippen molar-refractivity contribution in [1.29, 1.82) is 0 Å². The van der Waals surface area contributed by atoms with E-state index in [2.05, 4.69) is 15.1 Å². The van der Waals surface area contributed by atoms with Gasteiger partial charge in [0.1, 0.15) is 12.1 Å². The van der Waals surface area contributed by atoms with Crippen LogP contribution in [0.3, 0.4) is 0 Å². The number of imidazole rings is 1. The quantitative estimate of drug-likeness (QED) is 0.313. The Balaban J connectivity index is 2.17. The monoisotopic (exact) mass is 253 g/mol. The largest absolute Gasteiger partial charge is 0.409 e. The average Bonchev–Trinajstić information content (AvgIpc) is 2.90. The molecule has 6 heteroatoms. The van der Waals surface area contributed by atoms with Crippen molar-refractivity contribution in [3.63, 3.8) is 0 Å². The van der Waals surface area contributed by atoms with Crippen molar-refractivity contribution in [2.24, 2.45) is 10.9 Å². The van der Waals surface area contributed by atoms with Gasteiger partial charge in [-0.2, -0.15) is 0 Å². The van der Waals surface area contributed by atoms with E-state index >= 15 is 0 Å². The highest BCUT2D eigenvalue weighted by atomic mass is 16.4. The molecular weight excluding hydrogens is 242 g/mol. The number of pyridine rings is 1. The maximum atomic E-state index is 8.70. The maximum absolute atomic E-state index is 8.70. The highest BCUT2D eigenvalue weighted by Gasteiger charge is 2.07. The van der Waals surface area contributed by atoms with E-state index in [1.807, 2.05) is 28.8 Å². The van der Waals surface area contributed by atoms with Crippen molar-refractivity contribution in [3.8, 4) is 5.82 Å². The van der Waals surface area contributed by atoms with Gasteiger partial charge in [0, 0.05) is 11.8 Å². The molecule has 19 heavy (non-hydrogen) atoms. The van der Waals surface area contributed by atoms with Crippen LogP contribution in [0.2, 0.25) is 0 Å². The third-order valence-corrected chi connectivity index (χ3v) is 2.85. The molecule has 3 N–H and O–H groups in total. The Hall–Kier alpha value is -2.89. The van der Waals surface area contributed by atoms with Crippen LogP contribution in [0, 0.1) is 0 Å². The molecule has 0 radical (unpaired) electrons. The Morgan fingerprint density at radius 1 is 1.21 bits per heavy atom. The summed E-state index contributed by atoms with van der Waals surface area (Å²) in [5.74, 6) is 0.714. The Bertz CT molecular complexity index is 762. The van der Waals surface area contributed by atoms with Crippen LogP contribution < -0.4 is 5.73 Å². The van der Waals surface area contributed by atoms with Crippen molar-refractivity contribution in [2.45, 2.75) is 0 Å². The predicted molar refractivity (Wildman–Crippen MR) is 71.4 cm³/mol. The molecule has 0 aliphatic heterocycles. The van der Waals surface area contributed by atoms with E-state index in [9.17, 15) is 0 Å². The second-order valence-electron chi connectivity index (χ2n) is 3.99. The van der Waals surface area contributed by atoms with Gasteiger partial charge in [-0.1, -0.05) is 17.3 Å². The number of hydrogen-bond donors (Lipinski definition) is 2. The summed E-state index contributed by atoms with van der Waals surface area (Å²) in [6.45, 7) is 0. The lowest BCUT2D eigenvalue weighted by Crippen LogP contribution is -2.13. The first-order valence-electron chi connectivity index (χ1n) is 5.66. The van der Waals surface area contributed by atoms with Crippen molar-refractivity contribution < 1.29 is 5.21 Å². The van der Waals surface area contributed by atoms with Crippen LogP contribution in [0.15, 0.2) is 54.1 Å². The van der Waals surface area contributed by atoms with Gasteiger partial charge in [0.2, 0.25) is 0 Å². The van der Waals surface area contributed by atoms with E-state index in [0.29, 0.717) is 11.4 Å². The number of fused-ring (bicyclic) bond motifs is 1. The fraction of sp³-hybridized carbons (Fsp3) is 0. The SMILES string of the molecule is N/C(=N\O)c1ccnc(-n2cnc3ccccc32)c1. The number of amidine groups is 1. The first kappa shape index (κ1) is 11.2. The van der Waals surface area contributed by atoms with Gasteiger partial charge in [0.25, 0.3) is 0 Å². The lowest BCUT2D eigenvalue weighted by Gasteiger charge is -2.05. The molecule has 0 bridgehead atoms. The molecule has 0 aliphatic rings. The van der Waals surface area contributed by atoms with Crippen LogP contribution in [0.5, 0.6) is 0 Å². The molecule has 0 saturated heterocycles. The summed E-state index contributed by atoms with van der Waals surface area (Å²) in [6, 6.07) is 11.2. The lowest BCUT2D eigenvalue weighted by atomic mass is 10.2. The first-order valence-corrected chi connectivity index (χ1v) is 5.66. The molecule has 3 rings (SSSR count). The molecule has 1 aromatic carbocycles. The zero-order chi connectivity index (χ0) is 13.2. The molecule has 0 amide bonds. The standard InChI is InChI=1S/C13H11N5O/c14-13(17-19)9-5-6-15-12(7-9)18-8-16-10-3-1-2-4-11(10)18/h1-8,19H,(H2,14,17). The summed E-state index contributed by atoms with van der Waals surface area (Å²) in [5, 5.41) is 11.7. The third kappa shape index (κ3) is 1.89. The van der Waals surface area contributed by atoms with Crippen LogP contribution in [0.4, 0.5) is 0 Å². The molecule has 0 aliphatic carbocycles. The van der Waals surface area contributed by atoms with Crippen LogP contribution in [-0.2, 0) is 0 Å². The number of oxime groups is 1. The maximum Gasteiger partial charge on any atom is 0.170 e. The summed E-state index contributed by atoms with van der Waals surface area (Å²) in [4.78, 5) is 8.58. The number of aromatic nitrogens is 3. The molecule has 0 spiro atoms. The highest BCUT2D eigenvalue weighted by molar-refractivity contribution is 5.97. The summed E-state index contributed by atoms with van der Waals surface area (Å²) < 4.78 is 1.85. The van der Waals surface area contributed by atoms with Gasteiger partial charge < -0.3 is 10.9 Å². The van der Waals surface area contributed by atoms with Gasteiger partial charge in [-0.05, 0) is 24.3 Å². The van der Waals surface area contributed by atoms with Gasteiger partial charge >= 0.3 is 0 Å². The molecule has 6 nitrogen and oxygen atoms in total.